The second-order valence-corrected chi connectivity index (χ2v) is 7.25. The van der Waals surface area contributed by atoms with Gasteiger partial charge in [-0.25, -0.2) is 0 Å². The maximum absolute atomic E-state index is 12.9. The molecule has 1 aliphatic rings. The van der Waals surface area contributed by atoms with Gasteiger partial charge in [-0.3, -0.25) is 4.79 Å². The van der Waals surface area contributed by atoms with E-state index in [1.54, 1.807) is 38.1 Å². The Kier molecular flexibility index (Phi) is 3.78. The van der Waals surface area contributed by atoms with E-state index in [0.29, 0.717) is 5.75 Å². The minimum absolute atomic E-state index is 0.127. The third-order valence-corrected chi connectivity index (χ3v) is 5.28. The Morgan fingerprint density at radius 1 is 1.14 bits per heavy atom. The maximum atomic E-state index is 12.9. The predicted molar refractivity (Wildman–Crippen MR) is 84.6 cm³/mol. The molecule has 1 aliphatic heterocycles. The first-order valence-electron chi connectivity index (χ1n) is 7.43. The lowest BCUT2D eigenvalue weighted by molar-refractivity contribution is -0.252. The Hall–Kier alpha value is -1.59. The molecule has 0 spiro atoms. The van der Waals surface area contributed by atoms with Crippen LogP contribution >= 0.6 is 0 Å². The number of hydrogen-bond acceptors (Lipinski definition) is 4. The number of amides is 1. The van der Waals surface area contributed by atoms with Gasteiger partial charge in [0, 0.05) is 12.5 Å². The number of hydroxylamine groups is 2. The van der Waals surface area contributed by atoms with Crippen LogP contribution in [0.5, 0.6) is 5.75 Å². The van der Waals surface area contributed by atoms with Crippen molar-refractivity contribution in [1.29, 1.82) is 0 Å². The number of rotatable bonds is 2. The van der Waals surface area contributed by atoms with Gasteiger partial charge in [0.25, 0.3) is 5.91 Å². The van der Waals surface area contributed by atoms with Crippen LogP contribution in [0.4, 0.5) is 0 Å². The average molecular weight is 306 g/mol. The molecule has 1 saturated heterocycles. The van der Waals surface area contributed by atoms with Crippen LogP contribution < -0.4 is 4.74 Å². The summed E-state index contributed by atoms with van der Waals surface area (Å²) in [6.07, 6.45) is 0. The molecule has 2 atom stereocenters. The van der Waals surface area contributed by atoms with Crippen LogP contribution in [0.2, 0.25) is 0 Å². The average Bonchev–Trinajstić information content (AvgIpc) is 2.62. The van der Waals surface area contributed by atoms with E-state index in [1.165, 1.54) is 5.06 Å². The van der Waals surface area contributed by atoms with Gasteiger partial charge in [-0.2, -0.15) is 0 Å². The Morgan fingerprint density at radius 2 is 1.64 bits per heavy atom. The number of benzene rings is 1. The largest absolute Gasteiger partial charge is 0.497 e. The zero-order valence-corrected chi connectivity index (χ0v) is 14.5. The van der Waals surface area contributed by atoms with Crippen molar-refractivity contribution in [2.75, 3.05) is 14.2 Å². The Bertz CT molecular complexity index is 579. The van der Waals surface area contributed by atoms with E-state index in [2.05, 4.69) is 0 Å². The predicted octanol–water partition coefficient (Wildman–Crippen LogP) is 2.84. The van der Waals surface area contributed by atoms with Gasteiger partial charge in [-0.1, -0.05) is 32.9 Å². The number of methoxy groups -OCH3 is 1. The lowest BCUT2D eigenvalue weighted by atomic mass is 9.80. The van der Waals surface area contributed by atoms with E-state index in [1.807, 2.05) is 39.8 Å². The molecular formula is C17H26N2O3. The summed E-state index contributed by atoms with van der Waals surface area (Å²) in [6, 6.07) is 7.24. The van der Waals surface area contributed by atoms with Crippen molar-refractivity contribution >= 4 is 5.91 Å². The van der Waals surface area contributed by atoms with Crippen LogP contribution in [-0.2, 0) is 10.3 Å². The van der Waals surface area contributed by atoms with Crippen molar-refractivity contribution in [1.82, 2.24) is 9.96 Å². The molecule has 0 aromatic heterocycles. The maximum Gasteiger partial charge on any atom is 0.251 e. The smallest absolute Gasteiger partial charge is 0.251 e. The summed E-state index contributed by atoms with van der Waals surface area (Å²) in [7, 11) is 3.34. The highest BCUT2D eigenvalue weighted by atomic mass is 16.5. The van der Waals surface area contributed by atoms with Crippen molar-refractivity contribution in [3.8, 4) is 5.75 Å². The number of hydrogen-bond donors (Lipinski definition) is 1. The molecule has 0 unspecified atom stereocenters. The fraction of sp³-hybridized carbons (Fsp3) is 0.588. The van der Waals surface area contributed by atoms with Gasteiger partial charge >= 0.3 is 0 Å². The first-order chi connectivity index (χ1) is 10.0. The summed E-state index contributed by atoms with van der Waals surface area (Å²) >= 11 is 0. The van der Waals surface area contributed by atoms with Gasteiger partial charge in [0.15, 0.2) is 0 Å². The normalized spacial score (nSPS) is 30.0. The van der Waals surface area contributed by atoms with E-state index in [0.717, 1.165) is 5.56 Å². The minimum atomic E-state index is -1.12. The molecule has 1 amide bonds. The minimum Gasteiger partial charge on any atom is -0.497 e. The number of likely N-dealkylation sites (N-methyl/N-ethyl adjacent to an activating group) is 1. The van der Waals surface area contributed by atoms with E-state index in [-0.39, 0.29) is 11.3 Å². The van der Waals surface area contributed by atoms with Crippen molar-refractivity contribution in [2.24, 2.45) is 5.41 Å². The standard InChI is InChI=1S/C17H26N2O3/c1-15(2,3)17(5)18(6)14(20)16(4,19(17)21)12-8-10-13(22-7)11-9-12/h8-11,21H,1-7H3/t16-,17-/m1/s1. The summed E-state index contributed by atoms with van der Waals surface area (Å²) in [5.74, 6) is 0.590. The molecule has 1 fully saturated rings. The summed E-state index contributed by atoms with van der Waals surface area (Å²) < 4.78 is 5.16. The first-order valence-corrected chi connectivity index (χ1v) is 7.43. The fourth-order valence-corrected chi connectivity index (χ4v) is 3.17. The number of carbonyl (C=O) groups excluding carboxylic acids is 1. The highest BCUT2D eigenvalue weighted by Crippen LogP contribution is 2.50. The molecule has 1 aromatic rings. The molecule has 5 nitrogen and oxygen atoms in total. The van der Waals surface area contributed by atoms with E-state index in [4.69, 9.17) is 4.74 Å². The van der Waals surface area contributed by atoms with Crippen LogP contribution in [0.25, 0.3) is 0 Å². The number of nitrogens with zero attached hydrogens (tertiary/aromatic N) is 2. The molecule has 2 rings (SSSR count). The molecular weight excluding hydrogens is 280 g/mol. The molecule has 122 valence electrons. The zero-order valence-electron chi connectivity index (χ0n) is 14.5. The third kappa shape index (κ3) is 1.96. The molecule has 0 bridgehead atoms. The van der Waals surface area contributed by atoms with Crippen molar-refractivity contribution in [3.63, 3.8) is 0 Å². The zero-order chi connectivity index (χ0) is 16.9. The van der Waals surface area contributed by atoms with Crippen LogP contribution in [0.1, 0.15) is 40.2 Å². The molecule has 22 heavy (non-hydrogen) atoms. The molecule has 5 heteroatoms. The monoisotopic (exact) mass is 306 g/mol. The SMILES string of the molecule is COc1ccc([C@]2(C)C(=O)N(C)[C@@](C)(C(C)(C)C)N2O)cc1. The second kappa shape index (κ2) is 4.96. The molecule has 1 N–H and O–H groups in total. The molecule has 0 aliphatic carbocycles. The van der Waals surface area contributed by atoms with Crippen LogP contribution in [0, 0.1) is 5.41 Å². The summed E-state index contributed by atoms with van der Waals surface area (Å²) in [5, 5.41) is 12.2. The molecule has 1 aromatic carbocycles. The van der Waals surface area contributed by atoms with Gasteiger partial charge in [-0.15, -0.1) is 5.06 Å². The summed E-state index contributed by atoms with van der Waals surface area (Å²) in [4.78, 5) is 14.6. The topological polar surface area (TPSA) is 53.0 Å². The van der Waals surface area contributed by atoms with Gasteiger partial charge in [0.1, 0.15) is 17.0 Å². The number of carbonyl (C=O) groups is 1. The summed E-state index contributed by atoms with van der Waals surface area (Å²) in [5.41, 5.74) is -1.52. The molecule has 1 heterocycles. The fourth-order valence-electron chi connectivity index (χ4n) is 3.17. The highest BCUT2D eigenvalue weighted by molar-refractivity contribution is 5.90. The molecule has 0 saturated carbocycles. The Morgan fingerprint density at radius 3 is 2.00 bits per heavy atom. The first kappa shape index (κ1) is 16.8. The van der Waals surface area contributed by atoms with Crippen molar-refractivity contribution in [2.45, 2.75) is 45.8 Å². The highest BCUT2D eigenvalue weighted by Gasteiger charge is 2.64. The third-order valence-electron chi connectivity index (χ3n) is 5.28. The Balaban J connectivity index is 2.57. The van der Waals surface area contributed by atoms with Crippen LogP contribution in [0.15, 0.2) is 24.3 Å². The van der Waals surface area contributed by atoms with Gasteiger partial charge in [-0.05, 0) is 31.5 Å². The van der Waals surface area contributed by atoms with Crippen molar-refractivity contribution in [3.05, 3.63) is 29.8 Å². The van der Waals surface area contributed by atoms with Crippen LogP contribution in [0.3, 0.4) is 0 Å². The quantitative estimate of drug-likeness (QED) is 0.913. The van der Waals surface area contributed by atoms with Crippen molar-refractivity contribution < 1.29 is 14.7 Å². The van der Waals surface area contributed by atoms with E-state index >= 15 is 0 Å². The number of ether oxygens (including phenoxy) is 1. The second-order valence-electron chi connectivity index (χ2n) is 7.25. The Labute approximate surface area is 132 Å². The van der Waals surface area contributed by atoms with E-state index < -0.39 is 11.2 Å². The summed E-state index contributed by atoms with van der Waals surface area (Å²) in [6.45, 7) is 9.68. The van der Waals surface area contributed by atoms with Gasteiger partial charge in [0.2, 0.25) is 0 Å². The van der Waals surface area contributed by atoms with E-state index in [9.17, 15) is 10.0 Å². The molecule has 0 radical (unpaired) electrons. The lowest BCUT2D eigenvalue weighted by Gasteiger charge is -2.47. The lowest BCUT2D eigenvalue weighted by Crippen LogP contribution is -2.59. The van der Waals surface area contributed by atoms with Gasteiger partial charge in [0.05, 0.1) is 7.11 Å². The van der Waals surface area contributed by atoms with Crippen LogP contribution in [-0.4, -0.2) is 40.9 Å². The van der Waals surface area contributed by atoms with Gasteiger partial charge < -0.3 is 14.8 Å².